The Bertz CT molecular complexity index is 106. The van der Waals surface area contributed by atoms with E-state index in [2.05, 4.69) is 26.0 Å². The first-order chi connectivity index (χ1) is 4.21. The molecular weight excluding hydrogens is 132 g/mol. The van der Waals surface area contributed by atoms with E-state index in [9.17, 15) is 0 Å². The van der Waals surface area contributed by atoms with Crippen LogP contribution in [0.4, 0.5) is 0 Å². The lowest BCUT2D eigenvalue weighted by Gasteiger charge is -2.21. The van der Waals surface area contributed by atoms with Gasteiger partial charge in [-0.3, -0.25) is 0 Å². The fourth-order valence-corrected chi connectivity index (χ4v) is 1.46. The lowest BCUT2D eigenvalue weighted by atomic mass is 10.4. The molecule has 0 N–H and O–H groups in total. The molecule has 1 aliphatic heterocycles. The molecule has 1 aliphatic rings. The maximum Gasteiger partial charge on any atom is 0.108 e. The van der Waals surface area contributed by atoms with Crippen LogP contribution in [-0.2, 0) is 4.74 Å². The van der Waals surface area contributed by atoms with Crippen LogP contribution in [0.25, 0.3) is 0 Å². The number of rotatable bonds is 0. The summed E-state index contributed by atoms with van der Waals surface area (Å²) in [5.74, 6) is 1.08. The molecule has 0 bridgehead atoms. The Morgan fingerprint density at radius 2 is 2.22 bits per heavy atom. The van der Waals surface area contributed by atoms with Crippen LogP contribution in [0.15, 0.2) is 12.2 Å². The molecule has 0 unspecified atom stereocenters. The van der Waals surface area contributed by atoms with Crippen LogP contribution in [0.5, 0.6) is 0 Å². The Kier molecular flexibility index (Phi) is 2.19. The van der Waals surface area contributed by atoms with Crippen molar-refractivity contribution in [1.82, 2.24) is 0 Å². The number of hydrogen-bond acceptors (Lipinski definition) is 2. The van der Waals surface area contributed by atoms with Gasteiger partial charge in [-0.1, -0.05) is 12.2 Å². The van der Waals surface area contributed by atoms with Gasteiger partial charge in [0.25, 0.3) is 0 Å². The molecule has 0 spiro atoms. The average molecular weight is 144 g/mol. The highest BCUT2D eigenvalue weighted by molar-refractivity contribution is 8.00. The second kappa shape index (κ2) is 2.76. The van der Waals surface area contributed by atoms with Gasteiger partial charge < -0.3 is 4.74 Å². The standard InChI is InChI=1S/C7H12OS/c1-7(2)8-5-3-4-6-9-7/h3-4H,5-6H2,1-2H3. The van der Waals surface area contributed by atoms with Gasteiger partial charge in [0, 0.05) is 5.75 Å². The average Bonchev–Trinajstić information content (AvgIpc) is 1.92. The maximum atomic E-state index is 5.47. The minimum atomic E-state index is 0.0174. The summed E-state index contributed by atoms with van der Waals surface area (Å²) in [5.41, 5.74) is 0. The topological polar surface area (TPSA) is 9.23 Å². The summed E-state index contributed by atoms with van der Waals surface area (Å²) in [4.78, 5) is 0.0174. The van der Waals surface area contributed by atoms with E-state index in [0.29, 0.717) is 0 Å². The second-order valence-electron chi connectivity index (χ2n) is 2.49. The number of hydrogen-bond donors (Lipinski definition) is 0. The highest BCUT2D eigenvalue weighted by Gasteiger charge is 2.18. The van der Waals surface area contributed by atoms with E-state index < -0.39 is 0 Å². The molecule has 0 saturated carbocycles. The summed E-state index contributed by atoms with van der Waals surface area (Å²) in [6.45, 7) is 4.97. The third kappa shape index (κ3) is 2.41. The van der Waals surface area contributed by atoms with E-state index in [1.165, 1.54) is 0 Å². The Morgan fingerprint density at radius 1 is 1.44 bits per heavy atom. The Labute approximate surface area is 60.5 Å². The van der Waals surface area contributed by atoms with E-state index in [4.69, 9.17) is 4.74 Å². The van der Waals surface area contributed by atoms with Gasteiger partial charge in [0.2, 0.25) is 0 Å². The highest BCUT2D eigenvalue weighted by atomic mass is 32.2. The molecule has 2 heteroatoms. The maximum absolute atomic E-state index is 5.47. The van der Waals surface area contributed by atoms with Crippen LogP contribution in [0.3, 0.4) is 0 Å². The molecule has 0 aliphatic carbocycles. The molecule has 1 nitrogen and oxygen atoms in total. The minimum Gasteiger partial charge on any atom is -0.361 e. The van der Waals surface area contributed by atoms with E-state index in [1.54, 1.807) is 0 Å². The zero-order chi connectivity index (χ0) is 6.74. The zero-order valence-electron chi connectivity index (χ0n) is 5.89. The first-order valence-electron chi connectivity index (χ1n) is 3.14. The molecule has 0 aromatic heterocycles. The summed E-state index contributed by atoms with van der Waals surface area (Å²) < 4.78 is 5.47. The molecule has 0 fully saturated rings. The fraction of sp³-hybridized carbons (Fsp3) is 0.714. The van der Waals surface area contributed by atoms with Crippen LogP contribution in [0, 0.1) is 0 Å². The van der Waals surface area contributed by atoms with Crippen molar-refractivity contribution in [3.63, 3.8) is 0 Å². The van der Waals surface area contributed by atoms with Crippen molar-refractivity contribution >= 4 is 11.8 Å². The van der Waals surface area contributed by atoms with Gasteiger partial charge in [0.05, 0.1) is 6.61 Å². The molecule has 9 heavy (non-hydrogen) atoms. The number of ether oxygens (including phenoxy) is 1. The van der Waals surface area contributed by atoms with Crippen LogP contribution >= 0.6 is 11.8 Å². The van der Waals surface area contributed by atoms with E-state index in [0.717, 1.165) is 12.4 Å². The molecule has 0 amide bonds. The first-order valence-corrected chi connectivity index (χ1v) is 4.12. The van der Waals surface area contributed by atoms with Crippen molar-refractivity contribution in [2.24, 2.45) is 0 Å². The molecule has 1 rings (SSSR count). The molecule has 1 heterocycles. The third-order valence-corrected chi connectivity index (χ3v) is 2.39. The summed E-state index contributed by atoms with van der Waals surface area (Å²) in [6, 6.07) is 0. The summed E-state index contributed by atoms with van der Waals surface area (Å²) in [5, 5.41) is 0. The van der Waals surface area contributed by atoms with Crippen molar-refractivity contribution in [3.05, 3.63) is 12.2 Å². The highest BCUT2D eigenvalue weighted by Crippen LogP contribution is 2.27. The fourth-order valence-electron chi connectivity index (χ4n) is 0.675. The largest absolute Gasteiger partial charge is 0.361 e. The smallest absolute Gasteiger partial charge is 0.108 e. The minimum absolute atomic E-state index is 0.0174. The van der Waals surface area contributed by atoms with Gasteiger partial charge in [-0.05, 0) is 13.8 Å². The van der Waals surface area contributed by atoms with Crippen molar-refractivity contribution in [2.75, 3.05) is 12.4 Å². The van der Waals surface area contributed by atoms with Crippen LogP contribution in [0.2, 0.25) is 0 Å². The first kappa shape index (κ1) is 7.16. The van der Waals surface area contributed by atoms with Gasteiger partial charge in [-0.15, -0.1) is 11.8 Å². The quantitative estimate of drug-likeness (QED) is 0.481. The zero-order valence-corrected chi connectivity index (χ0v) is 6.70. The molecule has 0 atom stereocenters. The number of thioether (sulfide) groups is 1. The molecule has 0 radical (unpaired) electrons. The van der Waals surface area contributed by atoms with Gasteiger partial charge in [0.1, 0.15) is 4.93 Å². The van der Waals surface area contributed by atoms with Crippen molar-refractivity contribution in [1.29, 1.82) is 0 Å². The van der Waals surface area contributed by atoms with Crippen LogP contribution in [0.1, 0.15) is 13.8 Å². The molecule has 0 saturated heterocycles. The predicted octanol–water partition coefficient (Wildman–Crippen LogP) is 2.04. The lowest BCUT2D eigenvalue weighted by Crippen LogP contribution is -2.18. The third-order valence-electron chi connectivity index (χ3n) is 1.22. The van der Waals surface area contributed by atoms with Crippen LogP contribution in [-0.4, -0.2) is 17.3 Å². The predicted molar refractivity (Wildman–Crippen MR) is 41.6 cm³/mol. The normalized spacial score (nSPS) is 25.6. The Hall–Kier alpha value is 0.0500. The molecule has 0 aromatic carbocycles. The summed E-state index contributed by atoms with van der Waals surface area (Å²) in [6.07, 6.45) is 4.22. The van der Waals surface area contributed by atoms with Gasteiger partial charge in [-0.2, -0.15) is 0 Å². The summed E-state index contributed by atoms with van der Waals surface area (Å²) in [7, 11) is 0. The Morgan fingerprint density at radius 3 is 3.00 bits per heavy atom. The lowest BCUT2D eigenvalue weighted by molar-refractivity contribution is 0.0754. The van der Waals surface area contributed by atoms with Gasteiger partial charge in [-0.25, -0.2) is 0 Å². The SMILES string of the molecule is CC1(C)OCC=CCS1. The van der Waals surface area contributed by atoms with E-state index in [1.807, 2.05) is 11.8 Å². The molecular formula is C7H12OS. The van der Waals surface area contributed by atoms with E-state index >= 15 is 0 Å². The van der Waals surface area contributed by atoms with Gasteiger partial charge in [0.15, 0.2) is 0 Å². The monoisotopic (exact) mass is 144 g/mol. The molecule has 52 valence electrons. The van der Waals surface area contributed by atoms with Gasteiger partial charge >= 0.3 is 0 Å². The molecule has 0 aromatic rings. The summed E-state index contributed by atoms with van der Waals surface area (Å²) >= 11 is 1.83. The van der Waals surface area contributed by atoms with Crippen LogP contribution < -0.4 is 0 Å². The van der Waals surface area contributed by atoms with Crippen molar-refractivity contribution in [2.45, 2.75) is 18.8 Å². The Balaban J connectivity index is 2.44. The second-order valence-corrected chi connectivity index (χ2v) is 4.10. The van der Waals surface area contributed by atoms with Crippen molar-refractivity contribution in [3.8, 4) is 0 Å². The van der Waals surface area contributed by atoms with Crippen molar-refractivity contribution < 1.29 is 4.74 Å². The van der Waals surface area contributed by atoms with E-state index in [-0.39, 0.29) is 4.93 Å².